The summed E-state index contributed by atoms with van der Waals surface area (Å²) in [5.41, 5.74) is 3.54. The van der Waals surface area contributed by atoms with Crippen LogP contribution < -0.4 is 14.8 Å². The van der Waals surface area contributed by atoms with Crippen LogP contribution in [0.15, 0.2) is 42.5 Å². The molecule has 19 heavy (non-hydrogen) atoms. The molecule has 0 aromatic heterocycles. The maximum Gasteiger partial charge on any atom is 0.162 e. The van der Waals surface area contributed by atoms with E-state index >= 15 is 0 Å². The maximum absolute atomic E-state index is 5.28. The van der Waals surface area contributed by atoms with Crippen LogP contribution in [0.4, 0.5) is 5.69 Å². The van der Waals surface area contributed by atoms with Crippen LogP contribution in [0.1, 0.15) is 11.1 Å². The Morgan fingerprint density at radius 1 is 0.947 bits per heavy atom. The second kappa shape index (κ2) is 6.14. The van der Waals surface area contributed by atoms with E-state index in [2.05, 4.69) is 36.5 Å². The maximum atomic E-state index is 5.28. The Morgan fingerprint density at radius 2 is 1.74 bits per heavy atom. The lowest BCUT2D eigenvalue weighted by Crippen LogP contribution is -2.00. The van der Waals surface area contributed by atoms with Gasteiger partial charge in [-0.3, -0.25) is 0 Å². The van der Waals surface area contributed by atoms with Crippen LogP contribution in [0, 0.1) is 6.92 Å². The Bertz CT molecular complexity index is 552. The van der Waals surface area contributed by atoms with Crippen molar-refractivity contribution in [3.05, 3.63) is 53.6 Å². The molecule has 0 fully saturated rings. The van der Waals surface area contributed by atoms with Crippen LogP contribution in [0.3, 0.4) is 0 Å². The number of rotatable bonds is 5. The molecule has 0 radical (unpaired) electrons. The molecule has 3 nitrogen and oxygen atoms in total. The number of anilines is 1. The van der Waals surface area contributed by atoms with E-state index in [0.29, 0.717) is 0 Å². The number of nitrogens with one attached hydrogen (secondary N) is 1. The van der Waals surface area contributed by atoms with Gasteiger partial charge in [-0.15, -0.1) is 0 Å². The first-order valence-corrected chi connectivity index (χ1v) is 6.24. The largest absolute Gasteiger partial charge is 0.493 e. The minimum atomic E-state index is 0.733. The van der Waals surface area contributed by atoms with E-state index in [1.807, 2.05) is 18.2 Å². The number of benzene rings is 2. The van der Waals surface area contributed by atoms with Crippen LogP contribution >= 0.6 is 0 Å². The second-order valence-corrected chi connectivity index (χ2v) is 4.41. The highest BCUT2D eigenvalue weighted by molar-refractivity contribution is 5.55. The Hall–Kier alpha value is -2.16. The average Bonchev–Trinajstić information content (AvgIpc) is 2.45. The highest BCUT2D eigenvalue weighted by atomic mass is 16.5. The summed E-state index contributed by atoms with van der Waals surface area (Å²) in [6.07, 6.45) is 0. The zero-order chi connectivity index (χ0) is 13.7. The SMILES string of the molecule is COc1ccc(NCc2cccc(C)c2)cc1OC. The van der Waals surface area contributed by atoms with Gasteiger partial charge in [-0.2, -0.15) is 0 Å². The van der Waals surface area contributed by atoms with Gasteiger partial charge in [-0.05, 0) is 24.6 Å². The standard InChI is InChI=1S/C16H19NO2/c1-12-5-4-6-13(9-12)11-17-14-7-8-15(18-2)16(10-14)19-3/h4-10,17H,11H2,1-3H3. The fraction of sp³-hybridized carbons (Fsp3) is 0.250. The molecule has 0 atom stereocenters. The Kier molecular flexibility index (Phi) is 4.29. The number of hydrogen-bond donors (Lipinski definition) is 1. The van der Waals surface area contributed by atoms with Crippen molar-refractivity contribution in [1.29, 1.82) is 0 Å². The first-order chi connectivity index (χ1) is 9.22. The first-order valence-electron chi connectivity index (χ1n) is 6.24. The van der Waals surface area contributed by atoms with Crippen LogP contribution in [-0.4, -0.2) is 14.2 Å². The third-order valence-electron chi connectivity index (χ3n) is 2.96. The molecule has 2 rings (SSSR count). The molecule has 0 saturated heterocycles. The third kappa shape index (κ3) is 3.41. The fourth-order valence-electron chi connectivity index (χ4n) is 1.97. The predicted molar refractivity (Wildman–Crippen MR) is 78.1 cm³/mol. The van der Waals surface area contributed by atoms with Crippen LogP contribution in [0.2, 0.25) is 0 Å². The molecule has 0 saturated carbocycles. The lowest BCUT2D eigenvalue weighted by Gasteiger charge is -2.11. The van der Waals surface area contributed by atoms with Crippen molar-refractivity contribution >= 4 is 5.69 Å². The zero-order valence-corrected chi connectivity index (χ0v) is 11.6. The van der Waals surface area contributed by atoms with Crippen LogP contribution in [-0.2, 0) is 6.54 Å². The predicted octanol–water partition coefficient (Wildman–Crippen LogP) is 3.62. The molecule has 0 heterocycles. The average molecular weight is 257 g/mol. The highest BCUT2D eigenvalue weighted by Crippen LogP contribution is 2.29. The summed E-state index contributed by atoms with van der Waals surface area (Å²) < 4.78 is 10.5. The topological polar surface area (TPSA) is 30.5 Å². The molecule has 0 aliphatic heterocycles. The smallest absolute Gasteiger partial charge is 0.162 e. The fourth-order valence-corrected chi connectivity index (χ4v) is 1.97. The van der Waals surface area contributed by atoms with Gasteiger partial charge < -0.3 is 14.8 Å². The lowest BCUT2D eigenvalue weighted by atomic mass is 10.1. The first kappa shape index (κ1) is 13.3. The summed E-state index contributed by atoms with van der Waals surface area (Å²) >= 11 is 0. The summed E-state index contributed by atoms with van der Waals surface area (Å²) in [6.45, 7) is 2.89. The van der Waals surface area contributed by atoms with E-state index in [9.17, 15) is 0 Å². The summed E-state index contributed by atoms with van der Waals surface area (Å²) in [5, 5.41) is 3.38. The number of hydrogen-bond acceptors (Lipinski definition) is 3. The Labute approximate surface area is 114 Å². The number of methoxy groups -OCH3 is 2. The molecule has 0 spiro atoms. The molecule has 100 valence electrons. The summed E-state index contributed by atoms with van der Waals surface area (Å²) in [6, 6.07) is 14.3. The minimum Gasteiger partial charge on any atom is -0.493 e. The van der Waals surface area contributed by atoms with Gasteiger partial charge in [0, 0.05) is 18.3 Å². The molecule has 0 aliphatic rings. The monoisotopic (exact) mass is 257 g/mol. The highest BCUT2D eigenvalue weighted by Gasteiger charge is 2.04. The molecule has 0 bridgehead atoms. The van der Waals surface area contributed by atoms with Crippen molar-refractivity contribution in [2.24, 2.45) is 0 Å². The molecule has 0 aliphatic carbocycles. The lowest BCUT2D eigenvalue weighted by molar-refractivity contribution is 0.355. The number of aryl methyl sites for hydroxylation is 1. The van der Waals surface area contributed by atoms with Crippen molar-refractivity contribution in [3.8, 4) is 11.5 Å². The van der Waals surface area contributed by atoms with E-state index in [-0.39, 0.29) is 0 Å². The van der Waals surface area contributed by atoms with Crippen LogP contribution in [0.5, 0.6) is 11.5 Å². The van der Waals surface area contributed by atoms with Gasteiger partial charge in [0.1, 0.15) is 0 Å². The molecule has 1 N–H and O–H groups in total. The summed E-state index contributed by atoms with van der Waals surface area (Å²) in [4.78, 5) is 0. The minimum absolute atomic E-state index is 0.733. The van der Waals surface area contributed by atoms with Crippen molar-refractivity contribution in [2.75, 3.05) is 19.5 Å². The van der Waals surface area contributed by atoms with E-state index in [0.717, 1.165) is 23.7 Å². The zero-order valence-electron chi connectivity index (χ0n) is 11.6. The van der Waals surface area contributed by atoms with Gasteiger partial charge in [0.05, 0.1) is 14.2 Å². The Balaban J connectivity index is 2.07. The number of ether oxygens (including phenoxy) is 2. The van der Waals surface area contributed by atoms with Crippen molar-refractivity contribution in [2.45, 2.75) is 13.5 Å². The third-order valence-corrected chi connectivity index (χ3v) is 2.96. The van der Waals surface area contributed by atoms with Crippen LogP contribution in [0.25, 0.3) is 0 Å². The second-order valence-electron chi connectivity index (χ2n) is 4.41. The quantitative estimate of drug-likeness (QED) is 0.887. The molecule has 0 unspecified atom stereocenters. The van der Waals surface area contributed by atoms with Gasteiger partial charge in [-0.1, -0.05) is 29.8 Å². The van der Waals surface area contributed by atoms with Gasteiger partial charge in [-0.25, -0.2) is 0 Å². The van der Waals surface area contributed by atoms with Gasteiger partial charge in [0.15, 0.2) is 11.5 Å². The molecule has 3 heteroatoms. The van der Waals surface area contributed by atoms with Crippen molar-refractivity contribution in [1.82, 2.24) is 0 Å². The molecular formula is C16H19NO2. The van der Waals surface area contributed by atoms with Gasteiger partial charge in [0.25, 0.3) is 0 Å². The molecule has 0 amide bonds. The molecule has 2 aromatic carbocycles. The molecular weight excluding hydrogens is 238 g/mol. The van der Waals surface area contributed by atoms with E-state index in [1.165, 1.54) is 11.1 Å². The van der Waals surface area contributed by atoms with Crippen molar-refractivity contribution in [3.63, 3.8) is 0 Å². The van der Waals surface area contributed by atoms with Gasteiger partial charge in [0.2, 0.25) is 0 Å². The van der Waals surface area contributed by atoms with E-state index in [4.69, 9.17) is 9.47 Å². The van der Waals surface area contributed by atoms with Gasteiger partial charge >= 0.3 is 0 Å². The Morgan fingerprint density at radius 3 is 2.42 bits per heavy atom. The normalized spacial score (nSPS) is 10.1. The summed E-state index contributed by atoms with van der Waals surface area (Å²) in [5.74, 6) is 1.47. The van der Waals surface area contributed by atoms with E-state index < -0.39 is 0 Å². The van der Waals surface area contributed by atoms with Crippen molar-refractivity contribution < 1.29 is 9.47 Å². The molecule has 2 aromatic rings. The summed E-state index contributed by atoms with van der Waals surface area (Å²) in [7, 11) is 3.28. The van der Waals surface area contributed by atoms with E-state index in [1.54, 1.807) is 14.2 Å².